The number of aryl methyl sites for hydroxylation is 1. The fraction of sp³-hybridized carbons (Fsp3) is 0.412. The number of rotatable bonds is 6. The van der Waals surface area contributed by atoms with Crippen molar-refractivity contribution in [1.29, 1.82) is 0 Å². The molecule has 0 bridgehead atoms. The van der Waals surface area contributed by atoms with Crippen molar-refractivity contribution in [1.82, 2.24) is 9.78 Å². The van der Waals surface area contributed by atoms with Gasteiger partial charge in [0.2, 0.25) is 0 Å². The minimum Gasteiger partial charge on any atom is -0.497 e. The largest absolute Gasteiger partial charge is 0.497 e. The quantitative estimate of drug-likeness (QED) is 0.822. The van der Waals surface area contributed by atoms with E-state index in [-0.39, 0.29) is 12.5 Å². The first-order valence-corrected chi connectivity index (χ1v) is 7.42. The third-order valence-electron chi connectivity index (χ3n) is 3.60. The molecule has 5 heteroatoms. The molecule has 0 fully saturated rings. The summed E-state index contributed by atoms with van der Waals surface area (Å²) in [6.45, 7) is 5.94. The van der Waals surface area contributed by atoms with E-state index >= 15 is 0 Å². The number of aromatic nitrogens is 2. The Bertz CT molecular complexity index is 645. The van der Waals surface area contributed by atoms with Crippen LogP contribution in [0.15, 0.2) is 24.3 Å². The molecule has 1 aromatic carbocycles. The summed E-state index contributed by atoms with van der Waals surface area (Å²) >= 11 is 0. The Morgan fingerprint density at radius 1 is 1.18 bits per heavy atom. The van der Waals surface area contributed by atoms with Crippen molar-refractivity contribution in [3.8, 4) is 11.5 Å². The molecule has 0 aliphatic rings. The molecule has 2 aromatic rings. The highest BCUT2D eigenvalue weighted by Gasteiger charge is 2.16. The molecule has 0 spiro atoms. The van der Waals surface area contributed by atoms with Gasteiger partial charge in [0.1, 0.15) is 11.5 Å². The van der Waals surface area contributed by atoms with E-state index in [0.29, 0.717) is 5.75 Å². The Morgan fingerprint density at radius 2 is 1.82 bits per heavy atom. The van der Waals surface area contributed by atoms with Crippen LogP contribution in [0, 0.1) is 13.8 Å². The van der Waals surface area contributed by atoms with E-state index in [1.807, 2.05) is 13.8 Å². The Hall–Kier alpha value is -2.30. The van der Waals surface area contributed by atoms with E-state index in [9.17, 15) is 4.79 Å². The summed E-state index contributed by atoms with van der Waals surface area (Å²) in [4.78, 5) is 12.3. The summed E-state index contributed by atoms with van der Waals surface area (Å²) in [7, 11) is 1.61. The van der Waals surface area contributed by atoms with Gasteiger partial charge in [-0.05, 0) is 50.1 Å². The lowest BCUT2D eigenvalue weighted by atomic mass is 10.1. The molecule has 0 saturated carbocycles. The smallest absolute Gasteiger partial charge is 0.284 e. The maximum Gasteiger partial charge on any atom is 0.284 e. The highest BCUT2D eigenvalue weighted by Crippen LogP contribution is 2.18. The van der Waals surface area contributed by atoms with Crippen molar-refractivity contribution >= 4 is 5.91 Å². The second-order valence-electron chi connectivity index (χ2n) is 5.17. The summed E-state index contributed by atoms with van der Waals surface area (Å²) in [6, 6.07) is 7.14. The van der Waals surface area contributed by atoms with Gasteiger partial charge in [-0.1, -0.05) is 13.3 Å². The normalized spacial score (nSPS) is 10.5. The maximum absolute atomic E-state index is 12.3. The molecule has 5 nitrogen and oxygen atoms in total. The van der Waals surface area contributed by atoms with Crippen LogP contribution in [-0.4, -0.2) is 29.4 Å². The van der Waals surface area contributed by atoms with Gasteiger partial charge in [0, 0.05) is 5.69 Å². The SMILES string of the molecule is CCCc1c(C)nn(C(=O)COc2ccc(OC)cc2)c1C. The molecule has 0 unspecified atom stereocenters. The van der Waals surface area contributed by atoms with Crippen LogP contribution in [0.5, 0.6) is 11.5 Å². The van der Waals surface area contributed by atoms with Gasteiger partial charge in [-0.15, -0.1) is 0 Å². The number of carbonyl (C=O) groups is 1. The van der Waals surface area contributed by atoms with Gasteiger partial charge in [0.25, 0.3) is 5.91 Å². The average molecular weight is 302 g/mol. The van der Waals surface area contributed by atoms with E-state index in [1.54, 1.807) is 31.4 Å². The van der Waals surface area contributed by atoms with Gasteiger partial charge >= 0.3 is 0 Å². The zero-order valence-corrected chi connectivity index (χ0v) is 13.5. The monoisotopic (exact) mass is 302 g/mol. The van der Waals surface area contributed by atoms with Crippen LogP contribution in [0.3, 0.4) is 0 Å². The number of methoxy groups -OCH3 is 1. The molecule has 0 atom stereocenters. The second-order valence-corrected chi connectivity index (χ2v) is 5.17. The first-order chi connectivity index (χ1) is 10.6. The zero-order valence-electron chi connectivity index (χ0n) is 13.5. The van der Waals surface area contributed by atoms with Crippen LogP contribution in [-0.2, 0) is 6.42 Å². The third-order valence-corrected chi connectivity index (χ3v) is 3.60. The minimum atomic E-state index is -0.168. The Morgan fingerprint density at radius 3 is 2.41 bits per heavy atom. The lowest BCUT2D eigenvalue weighted by Gasteiger charge is -2.07. The van der Waals surface area contributed by atoms with Crippen LogP contribution < -0.4 is 9.47 Å². The van der Waals surface area contributed by atoms with Crippen molar-refractivity contribution in [2.45, 2.75) is 33.6 Å². The number of benzene rings is 1. The van der Waals surface area contributed by atoms with E-state index < -0.39 is 0 Å². The topological polar surface area (TPSA) is 53.4 Å². The number of ether oxygens (including phenoxy) is 2. The molecule has 118 valence electrons. The number of nitrogens with zero attached hydrogens (tertiary/aromatic N) is 2. The van der Waals surface area contributed by atoms with Crippen molar-refractivity contribution < 1.29 is 14.3 Å². The van der Waals surface area contributed by atoms with Gasteiger partial charge in [-0.3, -0.25) is 4.79 Å². The summed E-state index contributed by atoms with van der Waals surface area (Å²) in [5.74, 6) is 1.21. The summed E-state index contributed by atoms with van der Waals surface area (Å²) in [6.07, 6.45) is 1.97. The first-order valence-electron chi connectivity index (χ1n) is 7.42. The predicted molar refractivity (Wildman–Crippen MR) is 84.8 cm³/mol. The standard InChI is InChI=1S/C17H22N2O3/c1-5-6-16-12(2)18-19(13(16)3)17(20)11-22-15-9-7-14(21-4)8-10-15/h7-10H,5-6,11H2,1-4H3. The first kappa shape index (κ1) is 16.1. The molecule has 0 saturated heterocycles. The van der Waals surface area contributed by atoms with Gasteiger partial charge in [-0.2, -0.15) is 5.10 Å². The van der Waals surface area contributed by atoms with Gasteiger partial charge < -0.3 is 9.47 Å². The zero-order chi connectivity index (χ0) is 16.1. The predicted octanol–water partition coefficient (Wildman–Crippen LogP) is 3.18. The van der Waals surface area contributed by atoms with Gasteiger partial charge in [0.05, 0.1) is 12.8 Å². The van der Waals surface area contributed by atoms with E-state index in [0.717, 1.165) is 35.5 Å². The molecule has 0 N–H and O–H groups in total. The fourth-order valence-corrected chi connectivity index (χ4v) is 2.41. The Balaban J connectivity index is 2.04. The van der Waals surface area contributed by atoms with Crippen molar-refractivity contribution in [3.05, 3.63) is 41.2 Å². The van der Waals surface area contributed by atoms with E-state index in [4.69, 9.17) is 9.47 Å². The van der Waals surface area contributed by atoms with Crippen LogP contribution in [0.25, 0.3) is 0 Å². The molecule has 1 aromatic heterocycles. The lowest BCUT2D eigenvalue weighted by Crippen LogP contribution is -2.21. The van der Waals surface area contributed by atoms with Crippen molar-refractivity contribution in [3.63, 3.8) is 0 Å². The van der Waals surface area contributed by atoms with Gasteiger partial charge in [-0.25, -0.2) is 4.68 Å². The molecular formula is C17H22N2O3. The number of hydrogen-bond donors (Lipinski definition) is 0. The molecule has 0 aliphatic carbocycles. The summed E-state index contributed by atoms with van der Waals surface area (Å²) in [5, 5.41) is 4.34. The number of carbonyl (C=O) groups excluding carboxylic acids is 1. The Kier molecular flexibility index (Phi) is 5.20. The number of hydrogen-bond acceptors (Lipinski definition) is 4. The van der Waals surface area contributed by atoms with Crippen molar-refractivity contribution in [2.24, 2.45) is 0 Å². The lowest BCUT2D eigenvalue weighted by molar-refractivity contribution is 0.0818. The van der Waals surface area contributed by atoms with E-state index in [1.165, 1.54) is 4.68 Å². The molecule has 0 aliphatic heterocycles. The van der Waals surface area contributed by atoms with E-state index in [2.05, 4.69) is 12.0 Å². The molecule has 1 heterocycles. The molecule has 22 heavy (non-hydrogen) atoms. The molecule has 2 rings (SSSR count). The summed E-state index contributed by atoms with van der Waals surface area (Å²) in [5.41, 5.74) is 2.97. The third kappa shape index (κ3) is 3.47. The molecular weight excluding hydrogens is 280 g/mol. The van der Waals surface area contributed by atoms with Crippen LogP contribution >= 0.6 is 0 Å². The van der Waals surface area contributed by atoms with Gasteiger partial charge in [0.15, 0.2) is 6.61 Å². The van der Waals surface area contributed by atoms with Crippen LogP contribution in [0.2, 0.25) is 0 Å². The Labute approximate surface area is 130 Å². The van der Waals surface area contributed by atoms with Crippen LogP contribution in [0.1, 0.15) is 35.1 Å². The van der Waals surface area contributed by atoms with Crippen molar-refractivity contribution in [2.75, 3.05) is 13.7 Å². The molecule has 0 radical (unpaired) electrons. The molecule has 0 amide bonds. The van der Waals surface area contributed by atoms with Crippen LogP contribution in [0.4, 0.5) is 0 Å². The fourth-order valence-electron chi connectivity index (χ4n) is 2.41. The average Bonchev–Trinajstić information content (AvgIpc) is 2.81. The maximum atomic E-state index is 12.3. The highest BCUT2D eigenvalue weighted by molar-refractivity contribution is 5.80. The minimum absolute atomic E-state index is 0.0418. The second kappa shape index (κ2) is 7.11. The highest BCUT2D eigenvalue weighted by atomic mass is 16.5. The summed E-state index contributed by atoms with van der Waals surface area (Å²) < 4.78 is 12.1.